The minimum Gasteiger partial charge on any atom is -0.459 e. The van der Waals surface area contributed by atoms with E-state index < -0.39 is 0 Å². The highest BCUT2D eigenvalue weighted by Gasteiger charge is 2.14. The number of hydrogen-bond donors (Lipinski definition) is 2. The van der Waals surface area contributed by atoms with Crippen molar-refractivity contribution in [1.29, 1.82) is 0 Å². The van der Waals surface area contributed by atoms with E-state index in [9.17, 15) is 9.59 Å². The Morgan fingerprint density at radius 1 is 1.00 bits per heavy atom. The van der Waals surface area contributed by atoms with Gasteiger partial charge in [0.2, 0.25) is 0 Å². The molecule has 0 bridgehead atoms. The summed E-state index contributed by atoms with van der Waals surface area (Å²) >= 11 is 0. The molecule has 7 heteroatoms. The molecule has 2 amide bonds. The predicted octanol–water partition coefficient (Wildman–Crippen LogP) is 4.44. The number of aromatic nitrogens is 2. The third kappa shape index (κ3) is 4.50. The molecule has 0 fully saturated rings. The van der Waals surface area contributed by atoms with Crippen LogP contribution in [0.4, 0.5) is 5.69 Å². The fourth-order valence-electron chi connectivity index (χ4n) is 3.54. The Labute approximate surface area is 180 Å². The van der Waals surface area contributed by atoms with Gasteiger partial charge in [-0.2, -0.15) is 0 Å². The molecule has 4 aromatic rings. The molecule has 158 valence electrons. The summed E-state index contributed by atoms with van der Waals surface area (Å²) in [5.41, 5.74) is 3.17. The van der Waals surface area contributed by atoms with Crippen LogP contribution in [0.2, 0.25) is 0 Å². The standard InChI is InChI=1S/C24H24N4O3/c1-16(2)28-20-7-4-3-6-19(20)27-22(28)13-14-25-23(29)17-9-11-18(12-10-17)26-24(30)21-8-5-15-31-21/h3-12,15-16H,13-14H2,1-2H3,(H,25,29)(H,26,30). The highest BCUT2D eigenvalue weighted by molar-refractivity contribution is 6.02. The molecule has 0 saturated heterocycles. The lowest BCUT2D eigenvalue weighted by molar-refractivity contribution is 0.0953. The Morgan fingerprint density at radius 3 is 2.48 bits per heavy atom. The van der Waals surface area contributed by atoms with Crippen LogP contribution in [-0.2, 0) is 6.42 Å². The fraction of sp³-hybridized carbons (Fsp3) is 0.208. The van der Waals surface area contributed by atoms with Gasteiger partial charge in [-0.05, 0) is 62.4 Å². The second-order valence-corrected chi connectivity index (χ2v) is 7.50. The van der Waals surface area contributed by atoms with Crippen molar-refractivity contribution in [3.8, 4) is 0 Å². The number of rotatable bonds is 7. The fourth-order valence-corrected chi connectivity index (χ4v) is 3.54. The number of carbonyl (C=O) groups is 2. The van der Waals surface area contributed by atoms with Crippen LogP contribution in [-0.4, -0.2) is 27.9 Å². The van der Waals surface area contributed by atoms with Crippen LogP contribution in [0.15, 0.2) is 71.3 Å². The van der Waals surface area contributed by atoms with Crippen molar-refractivity contribution in [3.63, 3.8) is 0 Å². The maximum absolute atomic E-state index is 12.5. The molecule has 0 radical (unpaired) electrons. The quantitative estimate of drug-likeness (QED) is 0.466. The molecule has 4 rings (SSSR count). The molecular formula is C24H24N4O3. The number of benzene rings is 2. The van der Waals surface area contributed by atoms with Crippen molar-refractivity contribution >= 4 is 28.5 Å². The summed E-state index contributed by atoms with van der Waals surface area (Å²) in [6.45, 7) is 4.73. The Kier molecular flexibility index (Phi) is 5.84. The van der Waals surface area contributed by atoms with Gasteiger partial charge in [-0.25, -0.2) is 4.98 Å². The van der Waals surface area contributed by atoms with Crippen LogP contribution in [0.3, 0.4) is 0 Å². The Hall–Kier alpha value is -3.87. The van der Waals surface area contributed by atoms with Crippen molar-refractivity contribution < 1.29 is 14.0 Å². The molecule has 2 N–H and O–H groups in total. The first-order chi connectivity index (χ1) is 15.0. The number of imidazole rings is 1. The number of fused-ring (bicyclic) bond motifs is 1. The molecule has 2 aromatic heterocycles. The summed E-state index contributed by atoms with van der Waals surface area (Å²) < 4.78 is 7.28. The van der Waals surface area contributed by atoms with Crippen LogP contribution < -0.4 is 10.6 Å². The largest absolute Gasteiger partial charge is 0.459 e. The SMILES string of the molecule is CC(C)n1c(CCNC(=O)c2ccc(NC(=O)c3ccco3)cc2)nc2ccccc21. The molecule has 0 saturated carbocycles. The van der Waals surface area contributed by atoms with Gasteiger partial charge in [0.15, 0.2) is 5.76 Å². The lowest BCUT2D eigenvalue weighted by Crippen LogP contribution is -2.26. The summed E-state index contributed by atoms with van der Waals surface area (Å²) in [6, 6.07) is 18.3. The van der Waals surface area contributed by atoms with Gasteiger partial charge < -0.3 is 19.6 Å². The molecule has 2 aromatic carbocycles. The van der Waals surface area contributed by atoms with E-state index in [0.29, 0.717) is 24.2 Å². The maximum atomic E-state index is 12.5. The van der Waals surface area contributed by atoms with E-state index in [1.807, 2.05) is 18.2 Å². The molecule has 0 unspecified atom stereocenters. The van der Waals surface area contributed by atoms with Gasteiger partial charge in [0.1, 0.15) is 5.82 Å². The number of anilines is 1. The van der Waals surface area contributed by atoms with E-state index in [-0.39, 0.29) is 23.6 Å². The van der Waals surface area contributed by atoms with E-state index in [2.05, 4.69) is 35.1 Å². The summed E-state index contributed by atoms with van der Waals surface area (Å²) in [5, 5.41) is 5.68. The van der Waals surface area contributed by atoms with Crippen LogP contribution >= 0.6 is 0 Å². The smallest absolute Gasteiger partial charge is 0.291 e. The maximum Gasteiger partial charge on any atom is 0.291 e. The molecular weight excluding hydrogens is 392 g/mol. The number of hydrogen-bond acceptors (Lipinski definition) is 4. The average Bonchev–Trinajstić information content (AvgIpc) is 3.42. The van der Waals surface area contributed by atoms with Crippen LogP contribution in [0.5, 0.6) is 0 Å². The van der Waals surface area contributed by atoms with E-state index in [0.717, 1.165) is 16.9 Å². The van der Waals surface area contributed by atoms with Crippen molar-refractivity contribution in [2.45, 2.75) is 26.3 Å². The Bertz CT molecular complexity index is 1190. The first-order valence-corrected chi connectivity index (χ1v) is 10.2. The summed E-state index contributed by atoms with van der Waals surface area (Å²) in [5.74, 6) is 0.674. The van der Waals surface area contributed by atoms with E-state index in [4.69, 9.17) is 9.40 Å². The third-order valence-electron chi connectivity index (χ3n) is 4.97. The lowest BCUT2D eigenvalue weighted by atomic mass is 10.2. The van der Waals surface area contributed by atoms with Crippen LogP contribution in [0.25, 0.3) is 11.0 Å². The lowest BCUT2D eigenvalue weighted by Gasteiger charge is -2.13. The minimum atomic E-state index is -0.338. The topological polar surface area (TPSA) is 89.2 Å². The zero-order valence-electron chi connectivity index (χ0n) is 17.5. The third-order valence-corrected chi connectivity index (χ3v) is 4.97. The molecule has 0 aliphatic carbocycles. The predicted molar refractivity (Wildman–Crippen MR) is 119 cm³/mol. The van der Waals surface area contributed by atoms with Gasteiger partial charge in [0.05, 0.1) is 17.3 Å². The van der Waals surface area contributed by atoms with Gasteiger partial charge in [-0.1, -0.05) is 12.1 Å². The number of para-hydroxylation sites is 2. The minimum absolute atomic E-state index is 0.170. The first-order valence-electron chi connectivity index (χ1n) is 10.2. The number of nitrogens with one attached hydrogen (secondary N) is 2. The molecule has 7 nitrogen and oxygen atoms in total. The van der Waals surface area contributed by atoms with E-state index in [1.165, 1.54) is 6.26 Å². The highest BCUT2D eigenvalue weighted by atomic mass is 16.3. The van der Waals surface area contributed by atoms with Crippen LogP contribution in [0.1, 0.15) is 46.6 Å². The van der Waals surface area contributed by atoms with E-state index >= 15 is 0 Å². The molecule has 0 atom stereocenters. The van der Waals surface area contributed by atoms with E-state index in [1.54, 1.807) is 36.4 Å². The first kappa shape index (κ1) is 20.4. The Balaban J connectivity index is 1.36. The van der Waals surface area contributed by atoms with Gasteiger partial charge in [-0.3, -0.25) is 9.59 Å². The van der Waals surface area contributed by atoms with Crippen LogP contribution in [0, 0.1) is 0 Å². The zero-order valence-corrected chi connectivity index (χ0v) is 17.5. The second kappa shape index (κ2) is 8.87. The molecule has 0 aliphatic heterocycles. The summed E-state index contributed by atoms with van der Waals surface area (Å²) in [4.78, 5) is 29.3. The van der Waals surface area contributed by atoms with Gasteiger partial charge in [-0.15, -0.1) is 0 Å². The monoisotopic (exact) mass is 416 g/mol. The number of amides is 2. The molecule has 0 spiro atoms. The zero-order chi connectivity index (χ0) is 21.8. The van der Waals surface area contributed by atoms with Crippen molar-refractivity contribution in [3.05, 3.63) is 84.1 Å². The van der Waals surface area contributed by atoms with Crippen molar-refractivity contribution in [2.75, 3.05) is 11.9 Å². The normalized spacial score (nSPS) is 11.1. The number of nitrogens with zero attached hydrogens (tertiary/aromatic N) is 2. The van der Waals surface area contributed by atoms with Gasteiger partial charge in [0.25, 0.3) is 11.8 Å². The average molecular weight is 416 g/mol. The number of carbonyl (C=O) groups excluding carboxylic acids is 2. The summed E-state index contributed by atoms with van der Waals surface area (Å²) in [7, 11) is 0. The molecule has 0 aliphatic rings. The van der Waals surface area contributed by atoms with Gasteiger partial charge >= 0.3 is 0 Å². The molecule has 2 heterocycles. The van der Waals surface area contributed by atoms with Crippen molar-refractivity contribution in [1.82, 2.24) is 14.9 Å². The second-order valence-electron chi connectivity index (χ2n) is 7.50. The Morgan fingerprint density at radius 2 is 1.77 bits per heavy atom. The van der Waals surface area contributed by atoms with Crippen molar-refractivity contribution in [2.24, 2.45) is 0 Å². The summed E-state index contributed by atoms with van der Waals surface area (Å²) in [6.07, 6.45) is 2.08. The number of furan rings is 1. The van der Waals surface area contributed by atoms with Gasteiger partial charge in [0, 0.05) is 30.3 Å². The molecule has 31 heavy (non-hydrogen) atoms. The highest BCUT2D eigenvalue weighted by Crippen LogP contribution is 2.21.